The molecule has 16 heavy (non-hydrogen) atoms. The highest BCUT2D eigenvalue weighted by Crippen LogP contribution is 1.94. The van der Waals surface area contributed by atoms with Crippen LogP contribution in [0.3, 0.4) is 0 Å². The molecule has 0 saturated heterocycles. The van der Waals surface area contributed by atoms with Gasteiger partial charge in [0.15, 0.2) is 0 Å². The Labute approximate surface area is 93.2 Å². The van der Waals surface area contributed by atoms with Crippen LogP contribution in [0.25, 0.3) is 0 Å². The van der Waals surface area contributed by atoms with Crippen LogP contribution in [0, 0.1) is 0 Å². The monoisotopic (exact) mass is 235 g/mol. The Morgan fingerprint density at radius 2 is 1.75 bits per heavy atom. The van der Waals surface area contributed by atoms with Crippen LogP contribution in [0.2, 0.25) is 0 Å². The van der Waals surface area contributed by atoms with Crippen LogP contribution >= 0.6 is 0 Å². The minimum Gasteiger partial charge on any atom is -0.480 e. The molecule has 0 rings (SSSR count). The summed E-state index contributed by atoms with van der Waals surface area (Å²) in [6.45, 7) is 1.38. The Bertz CT molecular complexity index is 216. The molecule has 7 nitrogen and oxygen atoms in total. The van der Waals surface area contributed by atoms with Gasteiger partial charge in [-0.1, -0.05) is 0 Å². The van der Waals surface area contributed by atoms with E-state index in [1.165, 1.54) is 0 Å². The summed E-state index contributed by atoms with van der Waals surface area (Å²) in [5.41, 5.74) is 0. The minimum absolute atomic E-state index is 0.0431. The Morgan fingerprint density at radius 3 is 2.12 bits per heavy atom. The van der Waals surface area contributed by atoms with Gasteiger partial charge in [-0.05, 0) is 6.92 Å². The van der Waals surface area contributed by atoms with E-state index in [9.17, 15) is 14.7 Å². The quantitative estimate of drug-likeness (QED) is 0.463. The number of hydrogen-bond donors (Lipinski definition) is 3. The summed E-state index contributed by atoms with van der Waals surface area (Å²) in [6.07, 6.45) is -0.890. The van der Waals surface area contributed by atoms with Crippen molar-refractivity contribution in [1.29, 1.82) is 0 Å². The highest BCUT2D eigenvalue weighted by atomic mass is 16.5. The second-order valence-corrected chi connectivity index (χ2v) is 3.27. The molecule has 0 spiro atoms. The van der Waals surface area contributed by atoms with Crippen molar-refractivity contribution in [3.8, 4) is 0 Å². The molecular weight excluding hydrogens is 218 g/mol. The fourth-order valence-electron chi connectivity index (χ4n) is 1.17. The third kappa shape index (κ3) is 8.16. The number of aliphatic hydroxyl groups excluding tert-OH is 1. The van der Waals surface area contributed by atoms with Crippen molar-refractivity contribution in [1.82, 2.24) is 4.90 Å². The number of aliphatic carboxylic acids is 2. The molecule has 0 fully saturated rings. The topological polar surface area (TPSA) is 107 Å². The van der Waals surface area contributed by atoms with Crippen molar-refractivity contribution in [2.45, 2.75) is 13.0 Å². The molecule has 0 aromatic carbocycles. The van der Waals surface area contributed by atoms with Crippen LogP contribution in [0.4, 0.5) is 0 Å². The smallest absolute Gasteiger partial charge is 0.317 e. The molecule has 7 heteroatoms. The van der Waals surface area contributed by atoms with Gasteiger partial charge in [0.25, 0.3) is 0 Å². The fourth-order valence-corrected chi connectivity index (χ4v) is 1.17. The van der Waals surface area contributed by atoms with Gasteiger partial charge in [0, 0.05) is 13.2 Å². The van der Waals surface area contributed by atoms with Crippen molar-refractivity contribution in [3.63, 3.8) is 0 Å². The molecule has 0 amide bonds. The van der Waals surface area contributed by atoms with Crippen molar-refractivity contribution >= 4 is 11.9 Å². The molecule has 0 radical (unpaired) electrons. The Hall–Kier alpha value is -1.18. The lowest BCUT2D eigenvalue weighted by molar-refractivity contribution is -0.142. The van der Waals surface area contributed by atoms with Crippen LogP contribution in [0.1, 0.15) is 6.92 Å². The number of carbonyl (C=O) groups is 2. The van der Waals surface area contributed by atoms with Gasteiger partial charge in [0.2, 0.25) is 0 Å². The largest absolute Gasteiger partial charge is 0.480 e. The molecule has 0 aliphatic heterocycles. The SMILES string of the molecule is CCOCC(O)CN(CC(=O)O)CC(=O)O. The number of carboxylic acid groups (broad SMARTS) is 2. The van der Waals surface area contributed by atoms with E-state index in [2.05, 4.69) is 0 Å². The number of nitrogens with zero attached hydrogens (tertiary/aromatic N) is 1. The van der Waals surface area contributed by atoms with Gasteiger partial charge in [0.05, 0.1) is 25.8 Å². The van der Waals surface area contributed by atoms with Crippen LogP contribution in [0.15, 0.2) is 0 Å². The van der Waals surface area contributed by atoms with E-state index in [0.717, 1.165) is 4.90 Å². The maximum atomic E-state index is 10.4. The first kappa shape index (κ1) is 14.8. The molecule has 0 aromatic heterocycles. The molecule has 0 bridgehead atoms. The lowest BCUT2D eigenvalue weighted by Gasteiger charge is -2.21. The van der Waals surface area contributed by atoms with Crippen molar-refractivity contribution in [2.24, 2.45) is 0 Å². The number of rotatable bonds is 9. The highest BCUT2D eigenvalue weighted by Gasteiger charge is 2.17. The minimum atomic E-state index is -1.13. The lowest BCUT2D eigenvalue weighted by Crippen LogP contribution is -2.41. The second kappa shape index (κ2) is 8.03. The van der Waals surface area contributed by atoms with E-state index in [-0.39, 0.29) is 13.2 Å². The molecule has 94 valence electrons. The molecule has 0 aliphatic carbocycles. The number of aliphatic hydroxyl groups is 1. The summed E-state index contributed by atoms with van der Waals surface area (Å²) < 4.78 is 4.93. The van der Waals surface area contributed by atoms with E-state index in [1.807, 2.05) is 0 Å². The summed E-state index contributed by atoms with van der Waals surface area (Å²) in [5.74, 6) is -2.27. The summed E-state index contributed by atoms with van der Waals surface area (Å²) in [5, 5.41) is 26.5. The Kier molecular flexibility index (Phi) is 7.44. The molecule has 1 unspecified atom stereocenters. The molecule has 0 aliphatic rings. The number of ether oxygens (including phenoxy) is 1. The van der Waals surface area contributed by atoms with E-state index in [1.54, 1.807) is 6.92 Å². The van der Waals surface area contributed by atoms with E-state index in [4.69, 9.17) is 14.9 Å². The van der Waals surface area contributed by atoms with Crippen molar-refractivity contribution < 1.29 is 29.6 Å². The fraction of sp³-hybridized carbons (Fsp3) is 0.778. The van der Waals surface area contributed by atoms with Gasteiger partial charge >= 0.3 is 11.9 Å². The third-order valence-electron chi connectivity index (χ3n) is 1.70. The normalized spacial score (nSPS) is 12.7. The van der Waals surface area contributed by atoms with Crippen LogP contribution in [-0.2, 0) is 14.3 Å². The van der Waals surface area contributed by atoms with Gasteiger partial charge in [-0.2, -0.15) is 0 Å². The zero-order valence-corrected chi connectivity index (χ0v) is 9.13. The van der Waals surface area contributed by atoms with Crippen LogP contribution in [-0.4, -0.2) is 71.1 Å². The molecule has 0 saturated carbocycles. The summed E-state index contributed by atoms with van der Waals surface area (Å²) in [4.78, 5) is 22.0. The van der Waals surface area contributed by atoms with Crippen LogP contribution < -0.4 is 0 Å². The van der Waals surface area contributed by atoms with E-state index < -0.39 is 31.1 Å². The zero-order chi connectivity index (χ0) is 12.6. The predicted octanol–water partition coefficient (Wildman–Crippen LogP) is -1.14. The van der Waals surface area contributed by atoms with Crippen LogP contribution in [0.5, 0.6) is 0 Å². The second-order valence-electron chi connectivity index (χ2n) is 3.27. The van der Waals surface area contributed by atoms with Gasteiger partial charge in [-0.25, -0.2) is 0 Å². The maximum Gasteiger partial charge on any atom is 0.317 e. The van der Waals surface area contributed by atoms with Gasteiger partial charge in [-0.15, -0.1) is 0 Å². The van der Waals surface area contributed by atoms with E-state index >= 15 is 0 Å². The molecule has 0 heterocycles. The maximum absolute atomic E-state index is 10.4. The van der Waals surface area contributed by atoms with Crippen molar-refractivity contribution in [2.75, 3.05) is 32.8 Å². The van der Waals surface area contributed by atoms with Gasteiger partial charge < -0.3 is 20.1 Å². The van der Waals surface area contributed by atoms with E-state index in [0.29, 0.717) is 6.61 Å². The standard InChI is InChI=1S/C9H17NO6/c1-2-16-6-7(11)3-10(4-8(12)13)5-9(14)15/h7,11H,2-6H2,1H3,(H,12,13)(H,14,15). The average molecular weight is 235 g/mol. The summed E-state index contributed by atoms with van der Waals surface area (Å²) in [7, 11) is 0. The van der Waals surface area contributed by atoms with Crippen molar-refractivity contribution in [3.05, 3.63) is 0 Å². The first-order chi connectivity index (χ1) is 7.45. The number of carboxylic acids is 2. The summed E-state index contributed by atoms with van der Waals surface area (Å²) in [6, 6.07) is 0. The average Bonchev–Trinajstić information content (AvgIpc) is 2.12. The first-order valence-corrected chi connectivity index (χ1v) is 4.87. The number of hydrogen-bond acceptors (Lipinski definition) is 5. The van der Waals surface area contributed by atoms with Gasteiger partial charge in [0.1, 0.15) is 0 Å². The Morgan fingerprint density at radius 1 is 1.25 bits per heavy atom. The molecular formula is C9H17NO6. The Balaban J connectivity index is 4.07. The lowest BCUT2D eigenvalue weighted by atomic mass is 10.3. The zero-order valence-electron chi connectivity index (χ0n) is 9.13. The van der Waals surface area contributed by atoms with Gasteiger partial charge in [-0.3, -0.25) is 14.5 Å². The predicted molar refractivity (Wildman–Crippen MR) is 54.2 cm³/mol. The molecule has 0 aromatic rings. The third-order valence-corrected chi connectivity index (χ3v) is 1.70. The highest BCUT2D eigenvalue weighted by molar-refractivity contribution is 5.72. The summed E-state index contributed by atoms with van der Waals surface area (Å²) >= 11 is 0. The first-order valence-electron chi connectivity index (χ1n) is 4.87. The molecule has 1 atom stereocenters. The molecule has 3 N–H and O–H groups in total.